The van der Waals surface area contributed by atoms with Crippen LogP contribution in [-0.2, 0) is 4.79 Å². The van der Waals surface area contributed by atoms with Gasteiger partial charge in [-0.05, 0) is 36.1 Å². The molecule has 5 heteroatoms. The Morgan fingerprint density at radius 2 is 1.87 bits per heavy atom. The van der Waals surface area contributed by atoms with Gasteiger partial charge in [-0.15, -0.1) is 0 Å². The molecule has 0 radical (unpaired) electrons. The van der Waals surface area contributed by atoms with Crippen molar-refractivity contribution in [2.24, 2.45) is 0 Å². The third-order valence-corrected chi connectivity index (χ3v) is 3.56. The summed E-state index contributed by atoms with van der Waals surface area (Å²) in [6.07, 6.45) is 0. The molecule has 0 spiro atoms. The van der Waals surface area contributed by atoms with E-state index >= 15 is 0 Å². The quantitative estimate of drug-likeness (QED) is 0.855. The van der Waals surface area contributed by atoms with Crippen LogP contribution in [0.3, 0.4) is 0 Å². The molecule has 0 bridgehead atoms. The zero-order chi connectivity index (χ0) is 17.0. The van der Waals surface area contributed by atoms with Gasteiger partial charge in [0.05, 0.1) is 6.54 Å². The first-order chi connectivity index (χ1) is 10.9. The summed E-state index contributed by atoms with van der Waals surface area (Å²) in [7, 11) is 0. The standard InChI is InChI=1S/C18H20F2N2O/c1-11(2)14-6-4-5-12(3)18(14)21-10-17(23)22-13-7-8-15(19)16(20)9-13/h4-9,11,21H,10H2,1-3H3,(H,22,23). The molecule has 1 amide bonds. The first-order valence-corrected chi connectivity index (χ1v) is 7.46. The minimum atomic E-state index is -0.989. The van der Waals surface area contributed by atoms with Gasteiger partial charge in [0.25, 0.3) is 0 Å². The van der Waals surface area contributed by atoms with E-state index in [0.29, 0.717) is 5.92 Å². The molecule has 122 valence electrons. The summed E-state index contributed by atoms with van der Waals surface area (Å²) in [6, 6.07) is 9.24. The normalized spacial score (nSPS) is 10.7. The van der Waals surface area contributed by atoms with E-state index in [1.54, 1.807) is 0 Å². The molecule has 2 rings (SSSR count). The summed E-state index contributed by atoms with van der Waals surface area (Å²) in [4.78, 5) is 12.0. The number of benzene rings is 2. The van der Waals surface area contributed by atoms with E-state index in [1.807, 2.05) is 25.1 Å². The minimum Gasteiger partial charge on any atom is -0.376 e. The molecule has 0 unspecified atom stereocenters. The lowest BCUT2D eigenvalue weighted by molar-refractivity contribution is -0.114. The average Bonchev–Trinajstić information content (AvgIpc) is 2.49. The Labute approximate surface area is 134 Å². The largest absolute Gasteiger partial charge is 0.376 e. The number of carbonyl (C=O) groups excluding carboxylic acids is 1. The van der Waals surface area contributed by atoms with Gasteiger partial charge in [0.1, 0.15) is 0 Å². The lowest BCUT2D eigenvalue weighted by Crippen LogP contribution is -2.22. The number of para-hydroxylation sites is 1. The Morgan fingerprint density at radius 3 is 2.52 bits per heavy atom. The van der Waals surface area contributed by atoms with Gasteiger partial charge < -0.3 is 10.6 Å². The van der Waals surface area contributed by atoms with Crippen molar-refractivity contribution in [1.29, 1.82) is 0 Å². The highest BCUT2D eigenvalue weighted by atomic mass is 19.2. The SMILES string of the molecule is Cc1cccc(C(C)C)c1NCC(=O)Nc1ccc(F)c(F)c1. The van der Waals surface area contributed by atoms with Crippen LogP contribution in [0.2, 0.25) is 0 Å². The Hall–Kier alpha value is -2.43. The van der Waals surface area contributed by atoms with Crippen molar-refractivity contribution in [1.82, 2.24) is 0 Å². The van der Waals surface area contributed by atoms with Crippen LogP contribution in [0.1, 0.15) is 30.9 Å². The minimum absolute atomic E-state index is 0.0452. The summed E-state index contributed by atoms with van der Waals surface area (Å²) in [6.45, 7) is 6.19. The summed E-state index contributed by atoms with van der Waals surface area (Å²) in [5.74, 6) is -1.93. The van der Waals surface area contributed by atoms with Gasteiger partial charge in [-0.25, -0.2) is 8.78 Å². The third-order valence-electron chi connectivity index (χ3n) is 3.56. The van der Waals surface area contributed by atoms with Crippen molar-refractivity contribution in [2.45, 2.75) is 26.7 Å². The van der Waals surface area contributed by atoms with E-state index < -0.39 is 11.6 Å². The van der Waals surface area contributed by atoms with Gasteiger partial charge in [0, 0.05) is 17.4 Å². The highest BCUT2D eigenvalue weighted by Gasteiger charge is 2.11. The summed E-state index contributed by atoms with van der Waals surface area (Å²) < 4.78 is 26.0. The molecule has 0 saturated heterocycles. The molecule has 0 aliphatic heterocycles. The number of nitrogens with one attached hydrogen (secondary N) is 2. The van der Waals surface area contributed by atoms with Crippen LogP contribution in [0.5, 0.6) is 0 Å². The first-order valence-electron chi connectivity index (χ1n) is 7.46. The predicted octanol–water partition coefficient (Wildman–Crippen LogP) is 4.45. The van der Waals surface area contributed by atoms with E-state index in [2.05, 4.69) is 24.5 Å². The van der Waals surface area contributed by atoms with Crippen LogP contribution in [0.25, 0.3) is 0 Å². The second kappa shape index (κ2) is 7.22. The van der Waals surface area contributed by atoms with Gasteiger partial charge in [0.15, 0.2) is 11.6 Å². The molecule has 0 aliphatic carbocycles. The zero-order valence-corrected chi connectivity index (χ0v) is 13.4. The maximum Gasteiger partial charge on any atom is 0.243 e. The smallest absolute Gasteiger partial charge is 0.243 e. The van der Waals surface area contributed by atoms with Crippen molar-refractivity contribution < 1.29 is 13.6 Å². The topological polar surface area (TPSA) is 41.1 Å². The van der Waals surface area contributed by atoms with Crippen LogP contribution in [-0.4, -0.2) is 12.5 Å². The van der Waals surface area contributed by atoms with Crippen molar-refractivity contribution in [3.63, 3.8) is 0 Å². The number of hydrogen-bond donors (Lipinski definition) is 2. The van der Waals surface area contributed by atoms with Crippen LogP contribution >= 0.6 is 0 Å². The van der Waals surface area contributed by atoms with Crippen molar-refractivity contribution in [3.05, 3.63) is 59.2 Å². The maximum absolute atomic E-state index is 13.1. The fourth-order valence-corrected chi connectivity index (χ4v) is 2.36. The van der Waals surface area contributed by atoms with E-state index in [9.17, 15) is 13.6 Å². The maximum atomic E-state index is 13.1. The third kappa shape index (κ3) is 4.28. The Kier molecular flexibility index (Phi) is 5.32. The predicted molar refractivity (Wildman–Crippen MR) is 88.7 cm³/mol. The second-order valence-electron chi connectivity index (χ2n) is 5.72. The lowest BCUT2D eigenvalue weighted by Gasteiger charge is -2.17. The fourth-order valence-electron chi connectivity index (χ4n) is 2.36. The van der Waals surface area contributed by atoms with Gasteiger partial charge in [0.2, 0.25) is 5.91 Å². The number of aryl methyl sites for hydroxylation is 1. The van der Waals surface area contributed by atoms with Crippen molar-refractivity contribution >= 4 is 17.3 Å². The van der Waals surface area contributed by atoms with Crippen molar-refractivity contribution in [3.8, 4) is 0 Å². The monoisotopic (exact) mass is 318 g/mol. The number of carbonyl (C=O) groups is 1. The molecule has 0 aliphatic rings. The Morgan fingerprint density at radius 1 is 1.13 bits per heavy atom. The Bertz CT molecular complexity index is 714. The number of halogens is 2. The van der Waals surface area contributed by atoms with Crippen LogP contribution in [0.4, 0.5) is 20.2 Å². The highest BCUT2D eigenvalue weighted by molar-refractivity contribution is 5.94. The number of rotatable bonds is 5. The molecular weight excluding hydrogens is 298 g/mol. The molecule has 0 atom stereocenters. The molecule has 3 nitrogen and oxygen atoms in total. The van der Waals surface area contributed by atoms with E-state index in [-0.39, 0.29) is 18.1 Å². The van der Waals surface area contributed by atoms with Gasteiger partial charge >= 0.3 is 0 Å². The van der Waals surface area contributed by atoms with Gasteiger partial charge in [-0.1, -0.05) is 32.0 Å². The Balaban J connectivity index is 2.03. The molecule has 0 fully saturated rings. The summed E-state index contributed by atoms with van der Waals surface area (Å²) >= 11 is 0. The van der Waals surface area contributed by atoms with E-state index in [1.165, 1.54) is 6.07 Å². The van der Waals surface area contributed by atoms with Crippen molar-refractivity contribution in [2.75, 3.05) is 17.2 Å². The number of amides is 1. The van der Waals surface area contributed by atoms with Crippen LogP contribution in [0, 0.1) is 18.6 Å². The average molecular weight is 318 g/mol. The molecule has 2 N–H and O–H groups in total. The molecule has 0 heterocycles. The molecule has 23 heavy (non-hydrogen) atoms. The molecule has 2 aromatic carbocycles. The lowest BCUT2D eigenvalue weighted by atomic mass is 9.98. The second-order valence-corrected chi connectivity index (χ2v) is 5.72. The van der Waals surface area contributed by atoms with Crippen LogP contribution < -0.4 is 10.6 Å². The molecule has 0 saturated carbocycles. The molecular formula is C18H20F2N2O. The molecule has 0 aromatic heterocycles. The number of anilines is 2. The first kappa shape index (κ1) is 16.9. The number of hydrogen-bond acceptors (Lipinski definition) is 2. The summed E-state index contributed by atoms with van der Waals surface area (Å²) in [5, 5.41) is 5.67. The summed E-state index contributed by atoms with van der Waals surface area (Å²) in [5.41, 5.74) is 3.34. The highest BCUT2D eigenvalue weighted by Crippen LogP contribution is 2.27. The van der Waals surface area contributed by atoms with Crippen LogP contribution in [0.15, 0.2) is 36.4 Å². The van der Waals surface area contributed by atoms with Gasteiger partial charge in [-0.3, -0.25) is 4.79 Å². The molecule has 2 aromatic rings. The van der Waals surface area contributed by atoms with E-state index in [0.717, 1.165) is 28.9 Å². The van der Waals surface area contributed by atoms with Gasteiger partial charge in [-0.2, -0.15) is 0 Å². The zero-order valence-electron chi connectivity index (χ0n) is 13.4. The van der Waals surface area contributed by atoms with E-state index in [4.69, 9.17) is 0 Å². The fraction of sp³-hybridized carbons (Fsp3) is 0.278.